The van der Waals surface area contributed by atoms with Crippen molar-refractivity contribution < 1.29 is 4.79 Å². The van der Waals surface area contributed by atoms with Crippen molar-refractivity contribution in [3.8, 4) is 0 Å². The molecule has 0 radical (unpaired) electrons. The Kier molecular flexibility index (Phi) is 4.10. The van der Waals surface area contributed by atoms with Gasteiger partial charge in [0.25, 0.3) is 0 Å². The molecule has 0 N–H and O–H groups in total. The number of nitrogens with zero attached hydrogens (tertiary/aromatic N) is 4. The highest BCUT2D eigenvalue weighted by Crippen LogP contribution is 2.26. The van der Waals surface area contributed by atoms with Crippen molar-refractivity contribution >= 4 is 5.91 Å². The maximum Gasteiger partial charge on any atom is 0.226 e. The molecule has 1 amide bonds. The number of piperazine rings is 1. The smallest absolute Gasteiger partial charge is 0.226 e. The predicted molar refractivity (Wildman–Crippen MR) is 81.6 cm³/mol. The van der Waals surface area contributed by atoms with Crippen LogP contribution >= 0.6 is 0 Å². The summed E-state index contributed by atoms with van der Waals surface area (Å²) in [7, 11) is 4.13. The zero-order valence-electron chi connectivity index (χ0n) is 12.9. The molecule has 0 aromatic carbocycles. The van der Waals surface area contributed by atoms with Gasteiger partial charge in [0, 0.05) is 45.0 Å². The van der Waals surface area contributed by atoms with Gasteiger partial charge in [0.2, 0.25) is 5.91 Å². The van der Waals surface area contributed by atoms with Crippen LogP contribution in [0.1, 0.15) is 31.1 Å². The number of likely N-dealkylation sites (N-methyl/N-ethyl adjacent to an activating group) is 1. The fourth-order valence-corrected chi connectivity index (χ4v) is 3.33. The molecule has 3 rings (SSSR count). The van der Waals surface area contributed by atoms with Crippen LogP contribution in [0.2, 0.25) is 0 Å². The van der Waals surface area contributed by atoms with E-state index in [1.807, 2.05) is 24.3 Å². The van der Waals surface area contributed by atoms with E-state index in [-0.39, 0.29) is 12.0 Å². The number of hydrogen-bond acceptors (Lipinski definition) is 3. The second kappa shape index (κ2) is 6.02. The van der Waals surface area contributed by atoms with Gasteiger partial charge in [0.15, 0.2) is 0 Å². The summed E-state index contributed by atoms with van der Waals surface area (Å²) in [6.45, 7) is 2.49. The summed E-state index contributed by atoms with van der Waals surface area (Å²) in [5.41, 5.74) is 0. The number of allylic oxidation sites excluding steroid dienone is 2. The van der Waals surface area contributed by atoms with E-state index < -0.39 is 0 Å². The SMILES string of the molecule is CN1CCN(C(=O)[C@H]2CC=CCC2)C[C@H]1c1nccn1C. The number of aryl methyl sites for hydroxylation is 1. The summed E-state index contributed by atoms with van der Waals surface area (Å²) in [5, 5.41) is 0. The normalized spacial score (nSPS) is 27.0. The highest BCUT2D eigenvalue weighted by atomic mass is 16.2. The molecule has 21 heavy (non-hydrogen) atoms. The van der Waals surface area contributed by atoms with Gasteiger partial charge < -0.3 is 9.47 Å². The van der Waals surface area contributed by atoms with E-state index in [2.05, 4.69) is 33.7 Å². The van der Waals surface area contributed by atoms with Gasteiger partial charge in [-0.1, -0.05) is 12.2 Å². The van der Waals surface area contributed by atoms with Gasteiger partial charge in [-0.25, -0.2) is 4.98 Å². The van der Waals surface area contributed by atoms with Crippen molar-refractivity contribution in [1.29, 1.82) is 0 Å². The predicted octanol–water partition coefficient (Wildman–Crippen LogP) is 1.59. The fraction of sp³-hybridized carbons (Fsp3) is 0.625. The summed E-state index contributed by atoms with van der Waals surface area (Å²) < 4.78 is 2.05. The lowest BCUT2D eigenvalue weighted by atomic mass is 9.92. The van der Waals surface area contributed by atoms with Crippen LogP contribution in [0.3, 0.4) is 0 Å². The summed E-state index contributed by atoms with van der Waals surface area (Å²) in [6.07, 6.45) is 11.1. The van der Waals surface area contributed by atoms with Gasteiger partial charge in [0.05, 0.1) is 6.04 Å². The maximum absolute atomic E-state index is 12.7. The zero-order valence-corrected chi connectivity index (χ0v) is 12.9. The minimum Gasteiger partial charge on any atom is -0.339 e. The third kappa shape index (κ3) is 2.88. The Hall–Kier alpha value is -1.62. The van der Waals surface area contributed by atoms with Crippen LogP contribution in [0.5, 0.6) is 0 Å². The van der Waals surface area contributed by atoms with E-state index in [9.17, 15) is 4.79 Å². The van der Waals surface area contributed by atoms with Crippen LogP contribution in [0.4, 0.5) is 0 Å². The Labute approximate surface area is 126 Å². The molecule has 5 nitrogen and oxygen atoms in total. The first-order valence-electron chi connectivity index (χ1n) is 7.78. The van der Waals surface area contributed by atoms with Crippen molar-refractivity contribution in [1.82, 2.24) is 19.4 Å². The van der Waals surface area contributed by atoms with Crippen LogP contribution in [0.25, 0.3) is 0 Å². The zero-order chi connectivity index (χ0) is 14.8. The lowest BCUT2D eigenvalue weighted by Gasteiger charge is -2.40. The summed E-state index contributed by atoms with van der Waals surface area (Å²) in [4.78, 5) is 21.5. The van der Waals surface area contributed by atoms with Crippen molar-refractivity contribution in [2.24, 2.45) is 13.0 Å². The van der Waals surface area contributed by atoms with Crippen LogP contribution in [0, 0.1) is 5.92 Å². The number of rotatable bonds is 2. The Morgan fingerprint density at radius 2 is 2.14 bits per heavy atom. The number of aromatic nitrogens is 2. The van der Waals surface area contributed by atoms with Crippen molar-refractivity contribution in [2.75, 3.05) is 26.7 Å². The van der Waals surface area contributed by atoms with Crippen LogP contribution < -0.4 is 0 Å². The van der Waals surface area contributed by atoms with Crippen molar-refractivity contribution in [3.05, 3.63) is 30.4 Å². The fourth-order valence-electron chi connectivity index (χ4n) is 3.33. The van der Waals surface area contributed by atoms with Gasteiger partial charge in [-0.3, -0.25) is 9.69 Å². The molecule has 5 heteroatoms. The topological polar surface area (TPSA) is 41.4 Å². The highest BCUT2D eigenvalue weighted by Gasteiger charge is 2.33. The number of imidazole rings is 1. The van der Waals surface area contributed by atoms with Crippen LogP contribution in [0.15, 0.2) is 24.5 Å². The second-order valence-corrected chi connectivity index (χ2v) is 6.16. The summed E-state index contributed by atoms with van der Waals surface area (Å²) >= 11 is 0. The number of carbonyl (C=O) groups is 1. The molecule has 1 aromatic rings. The molecular weight excluding hydrogens is 264 g/mol. The molecule has 1 aromatic heterocycles. The van der Waals surface area contributed by atoms with E-state index in [1.165, 1.54) is 0 Å². The third-order valence-corrected chi connectivity index (χ3v) is 4.73. The summed E-state index contributed by atoms with van der Waals surface area (Å²) in [5.74, 6) is 1.55. The maximum atomic E-state index is 12.7. The third-order valence-electron chi connectivity index (χ3n) is 4.73. The Morgan fingerprint density at radius 1 is 1.29 bits per heavy atom. The molecule has 2 heterocycles. The monoisotopic (exact) mass is 288 g/mol. The van der Waals surface area contributed by atoms with Gasteiger partial charge >= 0.3 is 0 Å². The Balaban J connectivity index is 1.72. The molecule has 1 saturated heterocycles. The van der Waals surface area contributed by atoms with Crippen LogP contribution in [-0.2, 0) is 11.8 Å². The molecule has 0 saturated carbocycles. The lowest BCUT2D eigenvalue weighted by Crippen LogP contribution is -2.51. The molecular formula is C16H24N4O. The second-order valence-electron chi connectivity index (χ2n) is 6.16. The Bertz CT molecular complexity index is 536. The molecule has 0 unspecified atom stereocenters. The van der Waals surface area contributed by atoms with Crippen LogP contribution in [-0.4, -0.2) is 51.9 Å². The molecule has 2 atom stereocenters. The van der Waals surface area contributed by atoms with E-state index in [1.54, 1.807) is 0 Å². The van der Waals surface area contributed by atoms with E-state index in [4.69, 9.17) is 0 Å². The van der Waals surface area contributed by atoms with Gasteiger partial charge in [-0.15, -0.1) is 0 Å². The molecule has 114 valence electrons. The highest BCUT2D eigenvalue weighted by molar-refractivity contribution is 5.79. The Morgan fingerprint density at radius 3 is 2.81 bits per heavy atom. The summed E-state index contributed by atoms with van der Waals surface area (Å²) in [6, 6.07) is 0.196. The molecule has 0 spiro atoms. The number of hydrogen-bond donors (Lipinski definition) is 0. The quantitative estimate of drug-likeness (QED) is 0.776. The molecule has 1 fully saturated rings. The van der Waals surface area contributed by atoms with E-state index in [0.29, 0.717) is 5.91 Å². The molecule has 2 aliphatic rings. The van der Waals surface area contributed by atoms with E-state index in [0.717, 1.165) is 44.7 Å². The minimum absolute atomic E-state index is 0.181. The average Bonchev–Trinajstić information content (AvgIpc) is 2.94. The first-order valence-corrected chi connectivity index (χ1v) is 7.78. The van der Waals surface area contributed by atoms with Crippen molar-refractivity contribution in [2.45, 2.75) is 25.3 Å². The lowest BCUT2D eigenvalue weighted by molar-refractivity contribution is -0.138. The first kappa shape index (κ1) is 14.3. The van der Waals surface area contributed by atoms with Gasteiger partial charge in [-0.05, 0) is 26.3 Å². The number of carbonyl (C=O) groups excluding carboxylic acids is 1. The first-order chi connectivity index (χ1) is 10.2. The molecule has 0 bridgehead atoms. The molecule has 1 aliphatic heterocycles. The van der Waals surface area contributed by atoms with Crippen molar-refractivity contribution in [3.63, 3.8) is 0 Å². The van der Waals surface area contributed by atoms with Gasteiger partial charge in [0.1, 0.15) is 5.82 Å². The molecule has 1 aliphatic carbocycles. The minimum atomic E-state index is 0.181. The number of amides is 1. The van der Waals surface area contributed by atoms with E-state index >= 15 is 0 Å². The standard InChI is InChI=1S/C16H24N4O/c1-18-10-11-20(16(21)13-6-4-3-5-7-13)12-14(18)15-17-8-9-19(15)2/h3-4,8-9,13-14H,5-7,10-12H2,1-2H3/t13-,14-/m0/s1. The average molecular weight is 288 g/mol. The van der Waals surface area contributed by atoms with Gasteiger partial charge in [-0.2, -0.15) is 0 Å². The largest absolute Gasteiger partial charge is 0.339 e.